The standard InChI is InChI=1S/C10H17N3O2/c1-13-6-9(5-12-13)4-11-7-10(14)2-3-15-8-10/h5-6,11,14H,2-4,7-8H2,1H3. The van der Waals surface area contributed by atoms with Crippen molar-refractivity contribution in [2.45, 2.75) is 18.6 Å². The van der Waals surface area contributed by atoms with Gasteiger partial charge in [-0.3, -0.25) is 4.68 Å². The van der Waals surface area contributed by atoms with Crippen molar-refractivity contribution in [3.63, 3.8) is 0 Å². The molecule has 1 atom stereocenters. The minimum absolute atomic E-state index is 0.438. The third-order valence-corrected chi connectivity index (χ3v) is 2.62. The summed E-state index contributed by atoms with van der Waals surface area (Å²) in [5, 5.41) is 17.3. The zero-order chi connectivity index (χ0) is 10.7. The molecule has 0 amide bonds. The van der Waals surface area contributed by atoms with Gasteiger partial charge in [-0.2, -0.15) is 5.10 Å². The van der Waals surface area contributed by atoms with Crippen LogP contribution >= 0.6 is 0 Å². The Morgan fingerprint density at radius 1 is 1.73 bits per heavy atom. The minimum atomic E-state index is -0.678. The zero-order valence-corrected chi connectivity index (χ0v) is 8.94. The van der Waals surface area contributed by atoms with E-state index in [9.17, 15) is 5.11 Å². The maximum Gasteiger partial charge on any atom is 0.102 e. The lowest BCUT2D eigenvalue weighted by Crippen LogP contribution is -2.40. The molecular formula is C10H17N3O2. The first-order valence-corrected chi connectivity index (χ1v) is 5.16. The highest BCUT2D eigenvalue weighted by molar-refractivity contribution is 5.03. The number of aryl methyl sites for hydroxylation is 1. The molecule has 1 unspecified atom stereocenters. The fourth-order valence-corrected chi connectivity index (χ4v) is 1.74. The van der Waals surface area contributed by atoms with Crippen LogP contribution in [0.5, 0.6) is 0 Å². The first kappa shape index (κ1) is 10.6. The molecule has 0 radical (unpaired) electrons. The Balaban J connectivity index is 1.75. The molecule has 0 aromatic carbocycles. The van der Waals surface area contributed by atoms with E-state index in [1.807, 2.05) is 19.4 Å². The van der Waals surface area contributed by atoms with Crippen molar-refractivity contribution in [2.24, 2.45) is 7.05 Å². The summed E-state index contributed by atoms with van der Waals surface area (Å²) in [6.07, 6.45) is 4.50. The predicted molar refractivity (Wildman–Crippen MR) is 55.3 cm³/mol. The smallest absolute Gasteiger partial charge is 0.102 e. The summed E-state index contributed by atoms with van der Waals surface area (Å²) in [6, 6.07) is 0. The molecule has 2 rings (SSSR count). The van der Waals surface area contributed by atoms with Gasteiger partial charge in [0, 0.05) is 44.9 Å². The van der Waals surface area contributed by atoms with Gasteiger partial charge in [-0.25, -0.2) is 0 Å². The molecule has 1 fully saturated rings. The summed E-state index contributed by atoms with van der Waals surface area (Å²) in [5.41, 5.74) is 0.447. The maximum absolute atomic E-state index is 9.97. The molecule has 1 aliphatic heterocycles. The predicted octanol–water partition coefficient (Wildman–Crippen LogP) is -0.339. The molecule has 2 N–H and O–H groups in total. The van der Waals surface area contributed by atoms with Crippen molar-refractivity contribution in [2.75, 3.05) is 19.8 Å². The highest BCUT2D eigenvalue weighted by Crippen LogP contribution is 2.16. The van der Waals surface area contributed by atoms with Crippen molar-refractivity contribution in [3.8, 4) is 0 Å². The molecule has 1 aliphatic rings. The fourth-order valence-electron chi connectivity index (χ4n) is 1.74. The van der Waals surface area contributed by atoms with Crippen molar-refractivity contribution in [3.05, 3.63) is 18.0 Å². The van der Waals surface area contributed by atoms with Crippen LogP contribution in [-0.4, -0.2) is 40.2 Å². The van der Waals surface area contributed by atoms with E-state index in [1.165, 1.54) is 0 Å². The van der Waals surface area contributed by atoms with Gasteiger partial charge in [-0.1, -0.05) is 0 Å². The van der Waals surface area contributed by atoms with Gasteiger partial charge in [-0.15, -0.1) is 0 Å². The number of nitrogens with zero attached hydrogens (tertiary/aromatic N) is 2. The summed E-state index contributed by atoms with van der Waals surface area (Å²) in [7, 11) is 1.89. The van der Waals surface area contributed by atoms with Gasteiger partial charge in [0.1, 0.15) is 5.60 Å². The lowest BCUT2D eigenvalue weighted by Gasteiger charge is -2.20. The molecule has 5 nitrogen and oxygen atoms in total. The molecule has 2 heterocycles. The van der Waals surface area contributed by atoms with Crippen LogP contribution in [0.2, 0.25) is 0 Å². The molecule has 0 saturated carbocycles. The largest absolute Gasteiger partial charge is 0.386 e. The van der Waals surface area contributed by atoms with Crippen LogP contribution in [0.25, 0.3) is 0 Å². The van der Waals surface area contributed by atoms with Crippen LogP contribution in [0.3, 0.4) is 0 Å². The third kappa shape index (κ3) is 2.77. The van der Waals surface area contributed by atoms with Crippen molar-refractivity contribution < 1.29 is 9.84 Å². The molecule has 1 aromatic heterocycles. The second kappa shape index (κ2) is 4.30. The molecule has 0 spiro atoms. The van der Waals surface area contributed by atoms with Gasteiger partial charge in [-0.05, 0) is 0 Å². The van der Waals surface area contributed by atoms with Gasteiger partial charge in [0.25, 0.3) is 0 Å². The van der Waals surface area contributed by atoms with Crippen molar-refractivity contribution in [1.29, 1.82) is 0 Å². The monoisotopic (exact) mass is 211 g/mol. The summed E-state index contributed by atoms with van der Waals surface area (Å²) in [6.45, 7) is 2.40. The molecule has 15 heavy (non-hydrogen) atoms. The highest BCUT2D eigenvalue weighted by atomic mass is 16.5. The van der Waals surface area contributed by atoms with Gasteiger partial charge in [0.05, 0.1) is 12.8 Å². The molecule has 0 bridgehead atoms. The van der Waals surface area contributed by atoms with E-state index >= 15 is 0 Å². The average molecular weight is 211 g/mol. The molecular weight excluding hydrogens is 194 g/mol. The topological polar surface area (TPSA) is 59.3 Å². The lowest BCUT2D eigenvalue weighted by atomic mass is 10.0. The highest BCUT2D eigenvalue weighted by Gasteiger charge is 2.31. The first-order valence-electron chi connectivity index (χ1n) is 5.16. The number of hydrogen-bond donors (Lipinski definition) is 2. The van der Waals surface area contributed by atoms with Crippen LogP contribution < -0.4 is 5.32 Å². The minimum Gasteiger partial charge on any atom is -0.386 e. The Morgan fingerprint density at radius 2 is 2.60 bits per heavy atom. The molecule has 5 heteroatoms. The Bertz CT molecular complexity index is 318. The lowest BCUT2D eigenvalue weighted by molar-refractivity contribution is 0.0268. The average Bonchev–Trinajstić information content (AvgIpc) is 2.76. The van der Waals surface area contributed by atoms with Gasteiger partial charge in [0.15, 0.2) is 0 Å². The fraction of sp³-hybridized carbons (Fsp3) is 0.700. The van der Waals surface area contributed by atoms with Crippen molar-refractivity contribution >= 4 is 0 Å². The Kier molecular flexibility index (Phi) is 3.04. The second-order valence-electron chi connectivity index (χ2n) is 4.15. The molecule has 84 valence electrons. The molecule has 0 aliphatic carbocycles. The van der Waals surface area contributed by atoms with E-state index < -0.39 is 5.60 Å². The summed E-state index contributed by atoms with van der Waals surface area (Å²) in [5.74, 6) is 0. The first-order chi connectivity index (χ1) is 7.18. The van der Waals surface area contributed by atoms with Gasteiger partial charge in [0.2, 0.25) is 0 Å². The molecule has 1 saturated heterocycles. The summed E-state index contributed by atoms with van der Waals surface area (Å²) >= 11 is 0. The number of ether oxygens (including phenoxy) is 1. The van der Waals surface area contributed by atoms with Gasteiger partial charge < -0.3 is 15.2 Å². The van der Waals surface area contributed by atoms with E-state index in [4.69, 9.17) is 4.74 Å². The molecule has 1 aromatic rings. The van der Waals surface area contributed by atoms with E-state index in [0.29, 0.717) is 26.2 Å². The number of rotatable bonds is 4. The summed E-state index contributed by atoms with van der Waals surface area (Å²) in [4.78, 5) is 0. The van der Waals surface area contributed by atoms with Crippen LogP contribution in [0.15, 0.2) is 12.4 Å². The van der Waals surface area contributed by atoms with E-state index in [1.54, 1.807) is 4.68 Å². The maximum atomic E-state index is 9.97. The number of hydrogen-bond acceptors (Lipinski definition) is 4. The van der Waals surface area contributed by atoms with E-state index in [2.05, 4.69) is 10.4 Å². The number of aromatic nitrogens is 2. The van der Waals surface area contributed by atoms with Crippen LogP contribution in [-0.2, 0) is 18.3 Å². The quantitative estimate of drug-likeness (QED) is 0.715. The number of aliphatic hydroxyl groups is 1. The zero-order valence-electron chi connectivity index (χ0n) is 8.94. The van der Waals surface area contributed by atoms with E-state index in [0.717, 1.165) is 12.1 Å². The normalized spacial score (nSPS) is 26.0. The number of nitrogens with one attached hydrogen (secondary N) is 1. The SMILES string of the molecule is Cn1cc(CNCC2(O)CCOC2)cn1. The van der Waals surface area contributed by atoms with Crippen LogP contribution in [0.4, 0.5) is 0 Å². The second-order valence-corrected chi connectivity index (χ2v) is 4.15. The Labute approximate surface area is 89.0 Å². The summed E-state index contributed by atoms with van der Waals surface area (Å²) < 4.78 is 6.93. The Morgan fingerprint density at radius 3 is 3.20 bits per heavy atom. The van der Waals surface area contributed by atoms with Crippen molar-refractivity contribution in [1.82, 2.24) is 15.1 Å². The van der Waals surface area contributed by atoms with Crippen LogP contribution in [0, 0.1) is 0 Å². The third-order valence-electron chi connectivity index (χ3n) is 2.62. The van der Waals surface area contributed by atoms with E-state index in [-0.39, 0.29) is 0 Å². The van der Waals surface area contributed by atoms with Crippen LogP contribution in [0.1, 0.15) is 12.0 Å². The van der Waals surface area contributed by atoms with Gasteiger partial charge >= 0.3 is 0 Å². The Hall–Kier alpha value is -0.910.